The molecule has 2 rings (SSSR count). The van der Waals surface area contributed by atoms with Crippen LogP contribution in [0.25, 0.3) is 0 Å². The van der Waals surface area contributed by atoms with E-state index in [2.05, 4.69) is 10.0 Å². The summed E-state index contributed by atoms with van der Waals surface area (Å²) in [5.41, 5.74) is 1.73. The molecule has 7 heteroatoms. The molecule has 0 aliphatic rings. The number of halogens is 2. The fraction of sp³-hybridized carbons (Fsp3) is 0.143. The van der Waals surface area contributed by atoms with Crippen molar-refractivity contribution in [3.05, 3.63) is 58.9 Å². The summed E-state index contributed by atoms with van der Waals surface area (Å²) in [6.45, 7) is 0.375. The van der Waals surface area contributed by atoms with Crippen LogP contribution in [0.2, 0.25) is 5.02 Å². The summed E-state index contributed by atoms with van der Waals surface area (Å²) in [6.07, 6.45) is 1.07. The fourth-order valence-electron chi connectivity index (χ4n) is 1.78. The molecule has 0 amide bonds. The lowest BCUT2D eigenvalue weighted by atomic mass is 10.2. The van der Waals surface area contributed by atoms with Crippen molar-refractivity contribution in [3.63, 3.8) is 0 Å². The first-order chi connectivity index (χ1) is 9.83. The summed E-state index contributed by atoms with van der Waals surface area (Å²) in [7, 11) is -3.35. The zero-order valence-corrected chi connectivity index (χ0v) is 12.8. The van der Waals surface area contributed by atoms with Crippen LogP contribution in [0.5, 0.6) is 0 Å². The first-order valence-electron chi connectivity index (χ1n) is 6.09. The molecule has 21 heavy (non-hydrogen) atoms. The van der Waals surface area contributed by atoms with Crippen LogP contribution in [-0.4, -0.2) is 14.7 Å². The van der Waals surface area contributed by atoms with E-state index in [1.165, 1.54) is 12.1 Å². The second kappa shape index (κ2) is 6.32. The van der Waals surface area contributed by atoms with Crippen LogP contribution < -0.4 is 10.0 Å². The monoisotopic (exact) mass is 328 g/mol. The Morgan fingerprint density at radius 2 is 1.95 bits per heavy atom. The van der Waals surface area contributed by atoms with Gasteiger partial charge < -0.3 is 5.32 Å². The zero-order valence-electron chi connectivity index (χ0n) is 11.2. The van der Waals surface area contributed by atoms with Crippen LogP contribution in [-0.2, 0) is 16.6 Å². The molecule has 0 aliphatic heterocycles. The molecule has 0 unspecified atom stereocenters. The summed E-state index contributed by atoms with van der Waals surface area (Å²) >= 11 is 6.05. The smallest absolute Gasteiger partial charge is 0.229 e. The van der Waals surface area contributed by atoms with E-state index in [9.17, 15) is 12.8 Å². The number of benzene rings is 2. The van der Waals surface area contributed by atoms with E-state index in [4.69, 9.17) is 11.6 Å². The molecule has 0 saturated carbocycles. The number of anilines is 2. The van der Waals surface area contributed by atoms with Crippen molar-refractivity contribution in [3.8, 4) is 0 Å². The van der Waals surface area contributed by atoms with Gasteiger partial charge in [0.15, 0.2) is 0 Å². The van der Waals surface area contributed by atoms with Crippen LogP contribution in [0.15, 0.2) is 42.5 Å². The Bertz CT molecular complexity index is 750. The van der Waals surface area contributed by atoms with Crippen LogP contribution in [0.1, 0.15) is 5.56 Å². The van der Waals surface area contributed by atoms with Crippen LogP contribution in [0, 0.1) is 5.82 Å². The van der Waals surface area contributed by atoms with E-state index in [-0.39, 0.29) is 5.82 Å². The van der Waals surface area contributed by atoms with Crippen molar-refractivity contribution in [2.75, 3.05) is 16.3 Å². The molecule has 0 heterocycles. The van der Waals surface area contributed by atoms with Gasteiger partial charge in [0.25, 0.3) is 0 Å². The molecule has 0 aromatic heterocycles. The van der Waals surface area contributed by atoms with Crippen molar-refractivity contribution < 1.29 is 12.8 Å². The first kappa shape index (κ1) is 15.6. The Morgan fingerprint density at radius 1 is 1.19 bits per heavy atom. The van der Waals surface area contributed by atoms with Crippen molar-refractivity contribution >= 4 is 33.0 Å². The number of rotatable bonds is 5. The molecule has 0 saturated heterocycles. The van der Waals surface area contributed by atoms with Gasteiger partial charge in [-0.1, -0.05) is 23.7 Å². The molecule has 2 aromatic rings. The normalized spacial score (nSPS) is 11.2. The lowest BCUT2D eigenvalue weighted by Crippen LogP contribution is -2.10. The van der Waals surface area contributed by atoms with Gasteiger partial charge in [0, 0.05) is 6.54 Å². The van der Waals surface area contributed by atoms with E-state index >= 15 is 0 Å². The average Bonchev–Trinajstić information content (AvgIpc) is 2.38. The van der Waals surface area contributed by atoms with Gasteiger partial charge in [0.1, 0.15) is 5.82 Å². The highest BCUT2D eigenvalue weighted by Gasteiger charge is 2.06. The summed E-state index contributed by atoms with van der Waals surface area (Å²) in [6, 6.07) is 10.9. The third-order valence-corrected chi connectivity index (χ3v) is 3.58. The molecule has 4 nitrogen and oxygen atoms in total. The minimum atomic E-state index is -3.35. The maximum Gasteiger partial charge on any atom is 0.229 e. The highest BCUT2D eigenvalue weighted by Crippen LogP contribution is 2.26. The summed E-state index contributed by atoms with van der Waals surface area (Å²) in [4.78, 5) is 0. The summed E-state index contributed by atoms with van der Waals surface area (Å²) in [5.74, 6) is -0.312. The fourth-order valence-corrected chi connectivity index (χ4v) is 2.52. The predicted octanol–water partition coefficient (Wildman–Crippen LogP) is 3.46. The Hall–Kier alpha value is -1.79. The molecule has 0 atom stereocenters. The van der Waals surface area contributed by atoms with E-state index in [0.29, 0.717) is 22.9 Å². The van der Waals surface area contributed by atoms with Gasteiger partial charge in [-0.3, -0.25) is 4.72 Å². The predicted molar refractivity (Wildman–Crippen MR) is 83.6 cm³/mol. The Balaban J connectivity index is 2.14. The van der Waals surface area contributed by atoms with Gasteiger partial charge in [-0.05, 0) is 35.9 Å². The maximum absolute atomic E-state index is 13.1. The lowest BCUT2D eigenvalue weighted by Gasteiger charge is -2.11. The second-order valence-corrected chi connectivity index (χ2v) is 6.71. The molecule has 0 aliphatic carbocycles. The van der Waals surface area contributed by atoms with Gasteiger partial charge in [-0.15, -0.1) is 0 Å². The van der Waals surface area contributed by atoms with Crippen molar-refractivity contribution in [2.24, 2.45) is 0 Å². The molecular weight excluding hydrogens is 315 g/mol. The Kier molecular flexibility index (Phi) is 4.69. The Labute approximate surface area is 128 Å². The van der Waals surface area contributed by atoms with E-state index in [1.54, 1.807) is 30.3 Å². The molecule has 112 valence electrons. The van der Waals surface area contributed by atoms with Crippen LogP contribution in [0.3, 0.4) is 0 Å². The molecule has 0 bridgehead atoms. The van der Waals surface area contributed by atoms with Crippen LogP contribution in [0.4, 0.5) is 15.8 Å². The largest absolute Gasteiger partial charge is 0.380 e. The quantitative estimate of drug-likeness (QED) is 0.883. The van der Waals surface area contributed by atoms with E-state index in [1.807, 2.05) is 0 Å². The summed E-state index contributed by atoms with van der Waals surface area (Å²) in [5, 5.41) is 3.50. The average molecular weight is 329 g/mol. The number of sulfonamides is 1. The van der Waals surface area contributed by atoms with Gasteiger partial charge in [-0.2, -0.15) is 0 Å². The molecule has 2 N–H and O–H groups in total. The first-order valence-corrected chi connectivity index (χ1v) is 8.36. The van der Waals surface area contributed by atoms with Gasteiger partial charge in [0.2, 0.25) is 10.0 Å². The standard InChI is InChI=1S/C14H14ClFN2O2S/c1-21(19,20)18-12-5-6-13(15)14(8-12)17-9-10-3-2-4-11(16)7-10/h2-8,17-18H,9H2,1H3. The molecule has 0 radical (unpaired) electrons. The topological polar surface area (TPSA) is 58.2 Å². The van der Waals surface area contributed by atoms with Crippen molar-refractivity contribution in [1.29, 1.82) is 0 Å². The van der Waals surface area contributed by atoms with Gasteiger partial charge in [0.05, 0.1) is 22.7 Å². The molecular formula is C14H14ClFN2O2S. The highest BCUT2D eigenvalue weighted by molar-refractivity contribution is 7.92. The van der Waals surface area contributed by atoms with Crippen LogP contribution >= 0.6 is 11.6 Å². The SMILES string of the molecule is CS(=O)(=O)Nc1ccc(Cl)c(NCc2cccc(F)c2)c1. The third-order valence-electron chi connectivity index (χ3n) is 2.64. The minimum absolute atomic E-state index is 0.312. The lowest BCUT2D eigenvalue weighted by molar-refractivity contribution is 0.607. The van der Waals surface area contributed by atoms with Gasteiger partial charge in [-0.25, -0.2) is 12.8 Å². The highest BCUT2D eigenvalue weighted by atomic mass is 35.5. The van der Waals surface area contributed by atoms with Gasteiger partial charge >= 0.3 is 0 Å². The third kappa shape index (κ3) is 4.91. The summed E-state index contributed by atoms with van der Waals surface area (Å²) < 4.78 is 37.9. The minimum Gasteiger partial charge on any atom is -0.380 e. The number of hydrogen-bond acceptors (Lipinski definition) is 3. The van der Waals surface area contributed by atoms with E-state index < -0.39 is 10.0 Å². The maximum atomic E-state index is 13.1. The number of nitrogens with one attached hydrogen (secondary N) is 2. The molecule has 2 aromatic carbocycles. The zero-order chi connectivity index (χ0) is 15.5. The van der Waals surface area contributed by atoms with Crippen molar-refractivity contribution in [2.45, 2.75) is 6.54 Å². The van der Waals surface area contributed by atoms with Crippen molar-refractivity contribution in [1.82, 2.24) is 0 Å². The second-order valence-electron chi connectivity index (χ2n) is 4.55. The molecule has 0 spiro atoms. The van der Waals surface area contributed by atoms with E-state index in [0.717, 1.165) is 11.8 Å². The number of hydrogen-bond donors (Lipinski definition) is 2. The Morgan fingerprint density at radius 3 is 2.62 bits per heavy atom. The molecule has 0 fully saturated rings.